The van der Waals surface area contributed by atoms with E-state index in [1.807, 2.05) is 19.2 Å². The summed E-state index contributed by atoms with van der Waals surface area (Å²) in [7, 11) is 3.64. The average molecular weight is 624 g/mol. The molecule has 5 atom stereocenters. The van der Waals surface area contributed by atoms with E-state index in [-0.39, 0.29) is 18.9 Å². The summed E-state index contributed by atoms with van der Waals surface area (Å²) in [6.45, 7) is 3.25. The largest absolute Gasteiger partial charge is 0.493 e. The van der Waals surface area contributed by atoms with Crippen molar-refractivity contribution in [1.82, 2.24) is 4.90 Å². The summed E-state index contributed by atoms with van der Waals surface area (Å²) in [5.41, 5.74) is 0.306. The number of piperidine rings is 1. The van der Waals surface area contributed by atoms with Crippen molar-refractivity contribution in [3.8, 4) is 17.2 Å². The standard InChI is InChI=1S/C28H29NO7.C5H8O4/c1-29-15-14-27-24-17-8-9-19(33-2)25(24)36-26(27)20(12-13-28(27,32)21(29)16-17)35-23(31)11-10-22(30)34-18-6-4-3-5-7-18;1-3(5(7)8)9-4(2)6/h3-9,12,21,26,32H,10-11,13-16H2,1-2H3;3H,1-2H3,(H,7,8)/t21-,26+,27+,28-;/m1./s1. The van der Waals surface area contributed by atoms with E-state index >= 15 is 0 Å². The zero-order valence-electron chi connectivity index (χ0n) is 25.6. The van der Waals surface area contributed by atoms with Crippen LogP contribution in [0.3, 0.4) is 0 Å². The highest BCUT2D eigenvalue weighted by Crippen LogP contribution is 2.65. The molecule has 2 aromatic rings. The lowest BCUT2D eigenvalue weighted by atomic mass is 9.50. The third-order valence-electron chi connectivity index (χ3n) is 8.99. The van der Waals surface area contributed by atoms with Gasteiger partial charge in [0.25, 0.3) is 0 Å². The first-order valence-electron chi connectivity index (χ1n) is 14.8. The molecule has 45 heavy (non-hydrogen) atoms. The zero-order valence-corrected chi connectivity index (χ0v) is 25.6. The number of hydrogen-bond donors (Lipinski definition) is 2. The maximum Gasteiger partial charge on any atom is 0.344 e. The number of nitrogens with zero attached hydrogens (tertiary/aromatic N) is 1. The number of carboxylic acids is 1. The second-order valence-electron chi connectivity index (χ2n) is 11.6. The third-order valence-corrected chi connectivity index (χ3v) is 8.99. The van der Waals surface area contributed by atoms with Crippen LogP contribution in [0, 0.1) is 0 Å². The third kappa shape index (κ3) is 5.75. The van der Waals surface area contributed by atoms with Crippen LogP contribution < -0.4 is 14.2 Å². The molecule has 2 aliphatic heterocycles. The Balaban J connectivity index is 0.000000390. The molecular formula is C33H37NO11. The minimum Gasteiger partial charge on any atom is -0.493 e. The Morgan fingerprint density at radius 2 is 1.76 bits per heavy atom. The second-order valence-corrected chi connectivity index (χ2v) is 11.6. The number of para-hydroxylation sites is 1. The van der Waals surface area contributed by atoms with Gasteiger partial charge >= 0.3 is 23.9 Å². The van der Waals surface area contributed by atoms with Crippen molar-refractivity contribution in [2.75, 3.05) is 20.7 Å². The van der Waals surface area contributed by atoms with Gasteiger partial charge in [-0.1, -0.05) is 24.3 Å². The minimum atomic E-state index is -1.13. The number of carbonyl (C=O) groups excluding carboxylic acids is 3. The molecule has 4 aliphatic rings. The van der Waals surface area contributed by atoms with Crippen LogP contribution in [0.2, 0.25) is 0 Å². The molecule has 12 heteroatoms. The molecule has 1 unspecified atom stereocenters. The Hall–Kier alpha value is -4.42. The van der Waals surface area contributed by atoms with Gasteiger partial charge in [-0.15, -0.1) is 0 Å². The summed E-state index contributed by atoms with van der Waals surface area (Å²) in [6.07, 6.45) is 1.57. The van der Waals surface area contributed by atoms with Crippen LogP contribution in [0.4, 0.5) is 0 Å². The van der Waals surface area contributed by atoms with Crippen molar-refractivity contribution in [3.63, 3.8) is 0 Å². The van der Waals surface area contributed by atoms with Crippen LogP contribution in [0.25, 0.3) is 0 Å². The SMILES string of the molecule is CC(=O)OC(C)C(=O)O.COc1ccc2c3c1O[C@H]1C(OC(=O)CCC(=O)Oc4ccccc4)=CC[C@@]4(O)[C@@H](C2)N(C)CC[C@]314. The number of aliphatic carboxylic acids is 1. The van der Waals surface area contributed by atoms with Crippen molar-refractivity contribution in [1.29, 1.82) is 0 Å². The molecule has 2 aromatic carbocycles. The smallest absolute Gasteiger partial charge is 0.344 e. The lowest BCUT2D eigenvalue weighted by Crippen LogP contribution is -2.74. The van der Waals surface area contributed by atoms with E-state index in [1.165, 1.54) is 13.8 Å². The predicted octanol–water partition coefficient (Wildman–Crippen LogP) is 2.92. The van der Waals surface area contributed by atoms with Gasteiger partial charge in [0.2, 0.25) is 0 Å². The van der Waals surface area contributed by atoms with E-state index in [0.29, 0.717) is 42.3 Å². The fraction of sp³-hybridized carbons (Fsp3) is 0.455. The van der Waals surface area contributed by atoms with Crippen molar-refractivity contribution in [3.05, 3.63) is 65.4 Å². The topological polar surface area (TPSA) is 158 Å². The quantitative estimate of drug-likeness (QED) is 0.328. The lowest BCUT2D eigenvalue weighted by molar-refractivity contribution is -0.169. The van der Waals surface area contributed by atoms with E-state index in [9.17, 15) is 24.3 Å². The van der Waals surface area contributed by atoms with E-state index in [0.717, 1.165) is 17.7 Å². The number of likely N-dealkylation sites (tertiary alicyclic amines) is 1. The predicted molar refractivity (Wildman–Crippen MR) is 158 cm³/mol. The fourth-order valence-electron chi connectivity index (χ4n) is 6.94. The Labute approximate surface area is 260 Å². The number of carboxylic acid groups (broad SMARTS) is 1. The molecule has 0 saturated carbocycles. The van der Waals surface area contributed by atoms with Crippen LogP contribution in [0.15, 0.2) is 54.3 Å². The number of aliphatic hydroxyl groups is 1. The number of ether oxygens (including phenoxy) is 5. The van der Waals surface area contributed by atoms with Gasteiger partial charge in [-0.05, 0) is 63.2 Å². The van der Waals surface area contributed by atoms with Gasteiger partial charge < -0.3 is 38.8 Å². The van der Waals surface area contributed by atoms with Crippen molar-refractivity contribution >= 4 is 23.9 Å². The molecule has 2 bridgehead atoms. The average Bonchev–Trinajstić information content (AvgIpc) is 3.36. The summed E-state index contributed by atoms with van der Waals surface area (Å²) >= 11 is 0. The molecule has 12 nitrogen and oxygen atoms in total. The Morgan fingerprint density at radius 3 is 2.38 bits per heavy atom. The maximum atomic E-state index is 12.8. The van der Waals surface area contributed by atoms with E-state index in [1.54, 1.807) is 37.5 Å². The number of benzene rings is 2. The fourth-order valence-corrected chi connectivity index (χ4v) is 6.94. The zero-order chi connectivity index (χ0) is 32.5. The number of rotatable bonds is 8. The monoisotopic (exact) mass is 623 g/mol. The van der Waals surface area contributed by atoms with Crippen LogP contribution in [0.5, 0.6) is 17.2 Å². The summed E-state index contributed by atoms with van der Waals surface area (Å²) in [5.74, 6) is -0.720. The van der Waals surface area contributed by atoms with Crippen LogP contribution in [-0.2, 0) is 40.5 Å². The van der Waals surface area contributed by atoms with Gasteiger partial charge in [0.15, 0.2) is 23.7 Å². The van der Waals surface area contributed by atoms with Crippen molar-refractivity contribution < 1.29 is 53.1 Å². The van der Waals surface area contributed by atoms with Crippen molar-refractivity contribution in [2.24, 2.45) is 0 Å². The molecular weight excluding hydrogens is 586 g/mol. The highest BCUT2D eigenvalue weighted by atomic mass is 16.6. The molecule has 0 radical (unpaired) electrons. The van der Waals surface area contributed by atoms with Crippen molar-refractivity contribution in [2.45, 2.75) is 75.2 Å². The van der Waals surface area contributed by atoms with Gasteiger partial charge in [0, 0.05) is 24.9 Å². The van der Waals surface area contributed by atoms with Gasteiger partial charge in [-0.25, -0.2) is 4.79 Å². The number of carbonyl (C=O) groups is 4. The Bertz CT molecular complexity index is 1520. The molecule has 2 heterocycles. The van der Waals surface area contributed by atoms with Gasteiger partial charge in [-0.3, -0.25) is 14.4 Å². The first kappa shape index (κ1) is 32.0. The molecule has 2 N–H and O–H groups in total. The molecule has 2 aliphatic carbocycles. The first-order valence-corrected chi connectivity index (χ1v) is 14.8. The molecule has 1 saturated heterocycles. The molecule has 0 amide bonds. The van der Waals surface area contributed by atoms with Crippen LogP contribution in [-0.4, -0.2) is 83.5 Å². The van der Waals surface area contributed by atoms with E-state index in [2.05, 4.69) is 15.7 Å². The number of methoxy groups -OCH3 is 1. The molecule has 1 spiro atoms. The molecule has 240 valence electrons. The summed E-state index contributed by atoms with van der Waals surface area (Å²) in [5, 5.41) is 20.4. The van der Waals surface area contributed by atoms with Gasteiger partial charge in [-0.2, -0.15) is 0 Å². The van der Waals surface area contributed by atoms with E-state index < -0.39 is 47.1 Å². The Kier molecular flexibility index (Phi) is 8.90. The molecule has 0 aromatic heterocycles. The number of esters is 3. The Morgan fingerprint density at radius 1 is 1.07 bits per heavy atom. The first-order chi connectivity index (χ1) is 21.4. The lowest BCUT2D eigenvalue weighted by Gasteiger charge is -2.61. The number of likely N-dealkylation sites (N-methyl/N-ethyl adjacent to an activating group) is 1. The summed E-state index contributed by atoms with van der Waals surface area (Å²) < 4.78 is 27.4. The summed E-state index contributed by atoms with van der Waals surface area (Å²) in [4.78, 5) is 47.2. The highest BCUT2D eigenvalue weighted by molar-refractivity contribution is 5.80. The van der Waals surface area contributed by atoms with Gasteiger partial charge in [0.1, 0.15) is 11.5 Å². The molecule has 1 fully saturated rings. The van der Waals surface area contributed by atoms with E-state index in [4.69, 9.17) is 24.1 Å². The normalized spacial score (nSPS) is 26.0. The van der Waals surface area contributed by atoms with Gasteiger partial charge in [0.05, 0.1) is 31.0 Å². The summed E-state index contributed by atoms with van der Waals surface area (Å²) in [6, 6.07) is 12.6. The van der Waals surface area contributed by atoms with Crippen LogP contribution >= 0.6 is 0 Å². The highest BCUT2D eigenvalue weighted by Gasteiger charge is 2.72. The minimum absolute atomic E-state index is 0.0783. The van der Waals surface area contributed by atoms with Crippen LogP contribution in [0.1, 0.15) is 50.7 Å². The number of hydrogen-bond acceptors (Lipinski definition) is 11. The second kappa shape index (κ2) is 12.5. The molecule has 6 rings (SSSR count). The maximum absolute atomic E-state index is 12.8.